The highest BCUT2D eigenvalue weighted by Gasteiger charge is 2.20. The van der Waals surface area contributed by atoms with E-state index in [2.05, 4.69) is 5.32 Å². The Hall–Kier alpha value is -1.56. The Bertz CT molecular complexity index is 623. The number of hydrogen-bond donors (Lipinski definition) is 2. The number of carbonyl (C=O) groups is 1. The average Bonchev–Trinajstić information content (AvgIpc) is 2.75. The Kier molecular flexibility index (Phi) is 4.65. The van der Waals surface area contributed by atoms with E-state index in [0.717, 1.165) is 5.39 Å². The summed E-state index contributed by atoms with van der Waals surface area (Å²) < 4.78 is 10.5. The topological polar surface area (TPSA) is 71.7 Å². The monoisotopic (exact) mass is 297 g/mol. The highest BCUT2D eigenvalue weighted by atomic mass is 35.5. The predicted molar refractivity (Wildman–Crippen MR) is 76.2 cm³/mol. The number of rotatable bonds is 5. The van der Waals surface area contributed by atoms with Gasteiger partial charge in [-0.25, -0.2) is 0 Å². The number of methoxy groups -OCH3 is 1. The number of furan rings is 1. The quantitative estimate of drug-likeness (QED) is 0.887. The molecule has 0 spiro atoms. The number of halogens is 1. The van der Waals surface area contributed by atoms with Gasteiger partial charge in [0.25, 0.3) is 5.91 Å². The number of aryl methyl sites for hydroxylation is 1. The highest BCUT2D eigenvalue weighted by molar-refractivity contribution is 6.31. The van der Waals surface area contributed by atoms with Crippen LogP contribution in [0.25, 0.3) is 11.0 Å². The van der Waals surface area contributed by atoms with Crippen molar-refractivity contribution in [3.63, 3.8) is 0 Å². The number of fused-ring (bicyclic) bond motifs is 1. The van der Waals surface area contributed by atoms with Gasteiger partial charge in [0.1, 0.15) is 5.58 Å². The van der Waals surface area contributed by atoms with E-state index in [4.69, 9.17) is 25.9 Å². The van der Waals surface area contributed by atoms with Crippen LogP contribution in [0.3, 0.4) is 0 Å². The van der Waals surface area contributed by atoms with Crippen LogP contribution in [0, 0.1) is 6.92 Å². The number of ether oxygens (including phenoxy) is 1. The number of benzene rings is 1. The minimum absolute atomic E-state index is 0.204. The van der Waals surface area contributed by atoms with Crippen LogP contribution in [0.5, 0.6) is 0 Å². The Balaban J connectivity index is 2.28. The largest absolute Gasteiger partial charge is 0.451 e. The SMILES string of the molecule is COCC(CO)NC(=O)c1oc2ccc(Cl)cc2c1C. The maximum atomic E-state index is 12.2. The van der Waals surface area contributed by atoms with Crippen LogP contribution in [0.15, 0.2) is 22.6 Å². The summed E-state index contributed by atoms with van der Waals surface area (Å²) in [5.74, 6) is -0.164. The fraction of sp³-hybridized carbons (Fsp3) is 0.357. The lowest BCUT2D eigenvalue weighted by Crippen LogP contribution is -2.40. The molecule has 0 saturated carbocycles. The van der Waals surface area contributed by atoms with Gasteiger partial charge in [-0.1, -0.05) is 11.6 Å². The van der Waals surface area contributed by atoms with Crippen molar-refractivity contribution in [1.82, 2.24) is 5.32 Å². The lowest BCUT2D eigenvalue weighted by atomic mass is 10.1. The number of nitrogens with one attached hydrogen (secondary N) is 1. The van der Waals surface area contributed by atoms with Crippen molar-refractivity contribution in [2.75, 3.05) is 20.3 Å². The van der Waals surface area contributed by atoms with Crippen molar-refractivity contribution >= 4 is 28.5 Å². The zero-order valence-corrected chi connectivity index (χ0v) is 12.0. The summed E-state index contributed by atoms with van der Waals surface area (Å²) in [5.41, 5.74) is 1.32. The van der Waals surface area contributed by atoms with Gasteiger partial charge in [0, 0.05) is 23.1 Å². The first-order valence-electron chi connectivity index (χ1n) is 6.16. The summed E-state index contributed by atoms with van der Waals surface area (Å²) in [7, 11) is 1.50. The van der Waals surface area contributed by atoms with Crippen LogP contribution >= 0.6 is 11.6 Å². The molecule has 0 bridgehead atoms. The molecule has 1 aromatic carbocycles. The molecule has 0 aliphatic rings. The number of aliphatic hydroxyl groups excluding tert-OH is 1. The molecule has 5 nitrogen and oxygen atoms in total. The summed E-state index contributed by atoms with van der Waals surface area (Å²) in [6, 6.07) is 4.71. The van der Waals surface area contributed by atoms with Gasteiger partial charge in [0.2, 0.25) is 0 Å². The molecule has 0 aliphatic heterocycles. The second-order valence-electron chi connectivity index (χ2n) is 4.50. The highest BCUT2D eigenvalue weighted by Crippen LogP contribution is 2.27. The number of carbonyl (C=O) groups excluding carboxylic acids is 1. The van der Waals surface area contributed by atoms with Crippen LogP contribution in [0.1, 0.15) is 16.1 Å². The molecule has 0 radical (unpaired) electrons. The van der Waals surface area contributed by atoms with Crippen LogP contribution in [0.4, 0.5) is 0 Å². The molecule has 108 valence electrons. The Morgan fingerprint density at radius 1 is 1.55 bits per heavy atom. The first-order valence-corrected chi connectivity index (χ1v) is 6.54. The maximum absolute atomic E-state index is 12.2. The number of aliphatic hydroxyl groups is 1. The van der Waals surface area contributed by atoms with Crippen molar-refractivity contribution < 1.29 is 19.1 Å². The van der Waals surface area contributed by atoms with Gasteiger partial charge in [0.15, 0.2) is 5.76 Å². The minimum atomic E-state index is -0.469. The molecular weight excluding hydrogens is 282 g/mol. The molecule has 0 saturated heterocycles. The van der Waals surface area contributed by atoms with Crippen LogP contribution in [-0.4, -0.2) is 37.4 Å². The van der Waals surface area contributed by atoms with E-state index in [0.29, 0.717) is 16.2 Å². The van der Waals surface area contributed by atoms with E-state index in [9.17, 15) is 4.79 Å². The van der Waals surface area contributed by atoms with Crippen molar-refractivity contribution in [1.29, 1.82) is 0 Å². The first-order chi connectivity index (χ1) is 9.56. The molecule has 2 rings (SSSR count). The Morgan fingerprint density at radius 2 is 2.30 bits per heavy atom. The maximum Gasteiger partial charge on any atom is 0.287 e. The molecule has 20 heavy (non-hydrogen) atoms. The second-order valence-corrected chi connectivity index (χ2v) is 4.94. The first kappa shape index (κ1) is 14.8. The fourth-order valence-electron chi connectivity index (χ4n) is 2.00. The Morgan fingerprint density at radius 3 is 2.95 bits per heavy atom. The third-order valence-electron chi connectivity index (χ3n) is 3.03. The fourth-order valence-corrected chi connectivity index (χ4v) is 2.17. The number of amides is 1. The van der Waals surface area contributed by atoms with Crippen LogP contribution < -0.4 is 5.32 Å². The molecule has 1 amide bonds. The van der Waals surface area contributed by atoms with Crippen LogP contribution in [0.2, 0.25) is 5.02 Å². The van der Waals surface area contributed by atoms with Crippen molar-refractivity contribution in [3.05, 3.63) is 34.5 Å². The van der Waals surface area contributed by atoms with E-state index >= 15 is 0 Å². The molecule has 0 fully saturated rings. The molecule has 1 heterocycles. The van der Waals surface area contributed by atoms with E-state index in [1.807, 2.05) is 0 Å². The number of hydrogen-bond acceptors (Lipinski definition) is 4. The summed E-state index contributed by atoms with van der Waals surface area (Å²) in [4.78, 5) is 12.2. The molecule has 2 N–H and O–H groups in total. The summed E-state index contributed by atoms with van der Waals surface area (Å²) >= 11 is 5.94. The van der Waals surface area contributed by atoms with Gasteiger partial charge >= 0.3 is 0 Å². The molecular formula is C14H16ClNO4. The molecule has 1 atom stereocenters. The predicted octanol–water partition coefficient (Wildman–Crippen LogP) is 2.13. The van der Waals surface area contributed by atoms with Gasteiger partial charge in [0.05, 0.1) is 19.3 Å². The van der Waals surface area contributed by atoms with Gasteiger partial charge in [-0.2, -0.15) is 0 Å². The van der Waals surface area contributed by atoms with Gasteiger partial charge in [-0.05, 0) is 25.1 Å². The van der Waals surface area contributed by atoms with E-state index in [-0.39, 0.29) is 24.9 Å². The molecule has 0 aliphatic carbocycles. The second kappa shape index (κ2) is 6.26. The van der Waals surface area contributed by atoms with Crippen molar-refractivity contribution in [3.8, 4) is 0 Å². The third kappa shape index (κ3) is 2.95. The van der Waals surface area contributed by atoms with Crippen molar-refractivity contribution in [2.45, 2.75) is 13.0 Å². The zero-order chi connectivity index (χ0) is 14.7. The summed E-state index contributed by atoms with van der Waals surface area (Å²) in [6.07, 6.45) is 0. The zero-order valence-electron chi connectivity index (χ0n) is 11.3. The third-order valence-corrected chi connectivity index (χ3v) is 3.26. The molecule has 1 unspecified atom stereocenters. The van der Waals surface area contributed by atoms with E-state index in [1.54, 1.807) is 25.1 Å². The average molecular weight is 298 g/mol. The lowest BCUT2D eigenvalue weighted by molar-refractivity contribution is 0.0815. The normalized spacial score (nSPS) is 12.6. The minimum Gasteiger partial charge on any atom is -0.451 e. The Labute approximate surface area is 121 Å². The van der Waals surface area contributed by atoms with Gasteiger partial charge < -0.3 is 19.6 Å². The smallest absolute Gasteiger partial charge is 0.287 e. The van der Waals surface area contributed by atoms with Crippen molar-refractivity contribution in [2.24, 2.45) is 0 Å². The standard InChI is InChI=1S/C14H16ClNO4/c1-8-11-5-9(15)3-4-12(11)20-13(8)14(18)16-10(6-17)7-19-2/h3-5,10,17H,6-7H2,1-2H3,(H,16,18). The molecule has 1 aromatic heterocycles. The molecule has 6 heteroatoms. The van der Waals surface area contributed by atoms with E-state index in [1.165, 1.54) is 7.11 Å². The summed E-state index contributed by atoms with van der Waals surface area (Å²) in [6.45, 7) is 1.82. The summed E-state index contributed by atoms with van der Waals surface area (Å²) in [5, 5.41) is 13.2. The lowest BCUT2D eigenvalue weighted by Gasteiger charge is -2.14. The van der Waals surface area contributed by atoms with Crippen LogP contribution in [-0.2, 0) is 4.74 Å². The van der Waals surface area contributed by atoms with E-state index < -0.39 is 6.04 Å². The molecule has 2 aromatic rings. The van der Waals surface area contributed by atoms with Gasteiger partial charge in [-0.15, -0.1) is 0 Å². The van der Waals surface area contributed by atoms with Gasteiger partial charge in [-0.3, -0.25) is 4.79 Å².